The van der Waals surface area contributed by atoms with E-state index in [4.69, 9.17) is 0 Å². The van der Waals surface area contributed by atoms with Crippen LogP contribution < -0.4 is 10.6 Å². The minimum absolute atomic E-state index is 0.0360. The molecule has 0 aliphatic rings. The minimum Gasteiger partial charge on any atom is -0.325 e. The lowest BCUT2D eigenvalue weighted by Crippen LogP contribution is -2.19. The van der Waals surface area contributed by atoms with Crippen molar-refractivity contribution in [1.29, 1.82) is 0 Å². The van der Waals surface area contributed by atoms with Gasteiger partial charge in [-0.25, -0.2) is 0 Å². The van der Waals surface area contributed by atoms with Gasteiger partial charge in [0.05, 0.1) is 0 Å². The summed E-state index contributed by atoms with van der Waals surface area (Å²) in [4.78, 5) is 24.1. The number of hydrogen-bond acceptors (Lipinski definition) is 2. The Morgan fingerprint density at radius 2 is 1.00 bits per heavy atom. The van der Waals surface area contributed by atoms with Crippen LogP contribution in [0.3, 0.4) is 0 Å². The number of benzene rings is 2. The average Bonchev–Trinajstić information content (AvgIpc) is 2.55. The predicted octanol–water partition coefficient (Wildman–Crippen LogP) is 4.54. The maximum atomic E-state index is 12.1. The van der Waals surface area contributed by atoms with Gasteiger partial charge in [0.15, 0.2) is 0 Å². The zero-order valence-electron chi connectivity index (χ0n) is 14.6. The first kappa shape index (κ1) is 17.7. The van der Waals surface area contributed by atoms with Crippen molar-refractivity contribution >= 4 is 23.2 Å². The molecule has 0 aromatic heterocycles. The van der Waals surface area contributed by atoms with Crippen molar-refractivity contribution < 1.29 is 9.59 Å². The summed E-state index contributed by atoms with van der Waals surface area (Å²) in [5.41, 5.74) is 3.24. The Balaban J connectivity index is 2.42. The van der Waals surface area contributed by atoms with Crippen molar-refractivity contribution in [3.8, 4) is 11.1 Å². The third-order valence-electron chi connectivity index (χ3n) is 3.71. The molecular weight excluding hydrogens is 300 g/mol. The second-order valence-electron chi connectivity index (χ2n) is 6.38. The lowest BCUT2D eigenvalue weighted by atomic mass is 10.0. The number of para-hydroxylation sites is 2. The zero-order valence-corrected chi connectivity index (χ0v) is 14.6. The third-order valence-corrected chi connectivity index (χ3v) is 3.71. The van der Waals surface area contributed by atoms with E-state index >= 15 is 0 Å². The Kier molecular flexibility index (Phi) is 5.74. The molecule has 0 saturated heterocycles. The van der Waals surface area contributed by atoms with E-state index in [1.807, 2.05) is 76.2 Å². The molecule has 0 aliphatic heterocycles. The molecule has 0 spiro atoms. The number of carbonyl (C=O) groups is 2. The predicted molar refractivity (Wildman–Crippen MR) is 98.8 cm³/mol. The SMILES string of the molecule is CC(C)C(=O)Nc1ccccc1-c1ccccc1NC(=O)C(C)C. The molecule has 2 N–H and O–H groups in total. The van der Waals surface area contributed by atoms with Gasteiger partial charge in [-0.3, -0.25) is 9.59 Å². The lowest BCUT2D eigenvalue weighted by Gasteiger charge is -2.16. The summed E-state index contributed by atoms with van der Waals surface area (Å²) >= 11 is 0. The van der Waals surface area contributed by atoms with Gasteiger partial charge in [0.2, 0.25) is 11.8 Å². The number of anilines is 2. The largest absolute Gasteiger partial charge is 0.325 e. The van der Waals surface area contributed by atoms with Gasteiger partial charge in [-0.2, -0.15) is 0 Å². The molecule has 4 nitrogen and oxygen atoms in total. The highest BCUT2D eigenvalue weighted by atomic mass is 16.2. The van der Waals surface area contributed by atoms with Crippen LogP contribution in [0.4, 0.5) is 11.4 Å². The average molecular weight is 324 g/mol. The summed E-state index contributed by atoms with van der Waals surface area (Å²) in [7, 11) is 0. The highest BCUT2D eigenvalue weighted by Gasteiger charge is 2.15. The maximum absolute atomic E-state index is 12.1. The Labute approximate surface area is 143 Å². The molecule has 0 bridgehead atoms. The lowest BCUT2D eigenvalue weighted by molar-refractivity contribution is -0.119. The first-order valence-electron chi connectivity index (χ1n) is 8.20. The molecule has 0 fully saturated rings. The second-order valence-corrected chi connectivity index (χ2v) is 6.38. The summed E-state index contributed by atoms with van der Waals surface area (Å²) in [6.45, 7) is 7.42. The Hall–Kier alpha value is -2.62. The molecule has 2 rings (SSSR count). The van der Waals surface area contributed by atoms with Crippen LogP contribution in [0.2, 0.25) is 0 Å². The van der Waals surface area contributed by atoms with E-state index < -0.39 is 0 Å². The van der Waals surface area contributed by atoms with Crippen molar-refractivity contribution in [1.82, 2.24) is 0 Å². The highest BCUT2D eigenvalue weighted by molar-refractivity contribution is 6.01. The van der Waals surface area contributed by atoms with Crippen molar-refractivity contribution in [2.45, 2.75) is 27.7 Å². The molecule has 0 unspecified atom stereocenters. The maximum Gasteiger partial charge on any atom is 0.226 e. The molecule has 0 radical (unpaired) electrons. The van der Waals surface area contributed by atoms with E-state index in [0.717, 1.165) is 22.5 Å². The molecule has 0 atom stereocenters. The standard InChI is InChI=1S/C20H24N2O2/c1-13(2)19(23)21-17-11-7-5-9-15(17)16-10-6-8-12-18(16)22-20(24)14(3)4/h5-14H,1-4H3,(H,21,23)(H,22,24). The van der Waals surface area contributed by atoms with Gasteiger partial charge in [0, 0.05) is 34.3 Å². The fourth-order valence-corrected chi connectivity index (χ4v) is 2.21. The summed E-state index contributed by atoms with van der Waals surface area (Å²) in [6, 6.07) is 15.2. The van der Waals surface area contributed by atoms with E-state index in [-0.39, 0.29) is 23.7 Å². The van der Waals surface area contributed by atoms with Crippen molar-refractivity contribution in [2.24, 2.45) is 11.8 Å². The Morgan fingerprint density at radius 1 is 0.667 bits per heavy atom. The van der Waals surface area contributed by atoms with E-state index in [1.165, 1.54) is 0 Å². The molecule has 0 aliphatic carbocycles. The van der Waals surface area contributed by atoms with Gasteiger partial charge in [-0.1, -0.05) is 64.1 Å². The van der Waals surface area contributed by atoms with Crippen LogP contribution in [0.5, 0.6) is 0 Å². The summed E-state index contributed by atoms with van der Waals surface area (Å²) in [6.07, 6.45) is 0. The van der Waals surface area contributed by atoms with Gasteiger partial charge in [-0.15, -0.1) is 0 Å². The van der Waals surface area contributed by atoms with Crippen molar-refractivity contribution in [3.63, 3.8) is 0 Å². The van der Waals surface area contributed by atoms with Gasteiger partial charge >= 0.3 is 0 Å². The molecule has 0 heterocycles. The topological polar surface area (TPSA) is 58.2 Å². The molecule has 2 aromatic carbocycles. The molecular formula is C20H24N2O2. The quantitative estimate of drug-likeness (QED) is 0.848. The molecule has 2 aromatic rings. The van der Waals surface area contributed by atoms with E-state index in [2.05, 4.69) is 10.6 Å². The van der Waals surface area contributed by atoms with Crippen LogP contribution in [0.1, 0.15) is 27.7 Å². The summed E-state index contributed by atoms with van der Waals surface area (Å²) in [5.74, 6) is -0.278. The molecule has 24 heavy (non-hydrogen) atoms. The van der Waals surface area contributed by atoms with Crippen molar-refractivity contribution in [3.05, 3.63) is 48.5 Å². The van der Waals surface area contributed by atoms with Gasteiger partial charge < -0.3 is 10.6 Å². The van der Waals surface area contributed by atoms with Gasteiger partial charge in [-0.05, 0) is 12.1 Å². The molecule has 2 amide bonds. The van der Waals surface area contributed by atoms with Gasteiger partial charge in [0.1, 0.15) is 0 Å². The number of rotatable bonds is 5. The molecule has 0 saturated carbocycles. The smallest absolute Gasteiger partial charge is 0.226 e. The van der Waals surface area contributed by atoms with E-state index in [0.29, 0.717) is 0 Å². The minimum atomic E-state index is -0.103. The number of hydrogen-bond donors (Lipinski definition) is 2. The molecule has 126 valence electrons. The second kappa shape index (κ2) is 7.77. The van der Waals surface area contributed by atoms with Crippen LogP contribution in [0.15, 0.2) is 48.5 Å². The van der Waals surface area contributed by atoms with E-state index in [9.17, 15) is 9.59 Å². The number of carbonyl (C=O) groups excluding carboxylic acids is 2. The van der Waals surface area contributed by atoms with Crippen LogP contribution in [-0.4, -0.2) is 11.8 Å². The van der Waals surface area contributed by atoms with Gasteiger partial charge in [0.25, 0.3) is 0 Å². The van der Waals surface area contributed by atoms with Crippen LogP contribution in [0, 0.1) is 11.8 Å². The van der Waals surface area contributed by atoms with Crippen molar-refractivity contribution in [2.75, 3.05) is 10.6 Å². The van der Waals surface area contributed by atoms with Crippen LogP contribution in [0.25, 0.3) is 11.1 Å². The number of nitrogens with one attached hydrogen (secondary N) is 2. The monoisotopic (exact) mass is 324 g/mol. The molecule has 4 heteroatoms. The zero-order chi connectivity index (χ0) is 17.7. The third kappa shape index (κ3) is 4.22. The fraction of sp³-hybridized carbons (Fsp3) is 0.300. The van der Waals surface area contributed by atoms with E-state index in [1.54, 1.807) is 0 Å². The first-order valence-corrected chi connectivity index (χ1v) is 8.20. The Bertz CT molecular complexity index is 672. The first-order chi connectivity index (χ1) is 11.4. The normalized spacial score (nSPS) is 10.8. The Morgan fingerprint density at radius 3 is 1.33 bits per heavy atom. The summed E-state index contributed by atoms with van der Waals surface area (Å²) in [5, 5.41) is 5.92. The fourth-order valence-electron chi connectivity index (χ4n) is 2.21. The van der Waals surface area contributed by atoms with Crippen LogP contribution in [-0.2, 0) is 9.59 Å². The summed E-state index contributed by atoms with van der Waals surface area (Å²) < 4.78 is 0. The van der Waals surface area contributed by atoms with Crippen LogP contribution >= 0.6 is 0 Å². The highest BCUT2D eigenvalue weighted by Crippen LogP contribution is 2.33. The number of amides is 2.